The molecule has 0 spiro atoms. The summed E-state index contributed by atoms with van der Waals surface area (Å²) >= 11 is 0. The molecule has 0 radical (unpaired) electrons. The third kappa shape index (κ3) is 3.82. The van der Waals surface area contributed by atoms with Gasteiger partial charge in [-0.25, -0.2) is 13.1 Å². The molecular weight excluding hydrogens is 278 g/mol. The van der Waals surface area contributed by atoms with Crippen molar-refractivity contribution in [3.8, 4) is 0 Å². The highest BCUT2D eigenvalue weighted by Crippen LogP contribution is 2.15. The van der Waals surface area contributed by atoms with Crippen molar-refractivity contribution in [3.63, 3.8) is 0 Å². The van der Waals surface area contributed by atoms with Crippen LogP contribution in [0.3, 0.4) is 0 Å². The molecule has 7 heteroatoms. The fourth-order valence-electron chi connectivity index (χ4n) is 2.40. The van der Waals surface area contributed by atoms with Crippen LogP contribution in [0.4, 0.5) is 0 Å². The summed E-state index contributed by atoms with van der Waals surface area (Å²) in [6.45, 7) is 6.09. The molecule has 1 fully saturated rings. The van der Waals surface area contributed by atoms with E-state index in [0.29, 0.717) is 18.3 Å². The molecule has 0 aliphatic carbocycles. The Balaban J connectivity index is 1.83. The molecule has 0 atom stereocenters. The second kappa shape index (κ2) is 6.71. The number of sulfonamides is 1. The van der Waals surface area contributed by atoms with Crippen molar-refractivity contribution >= 4 is 10.0 Å². The third-order valence-corrected chi connectivity index (χ3v) is 5.06. The van der Waals surface area contributed by atoms with E-state index in [1.165, 1.54) is 13.1 Å². The summed E-state index contributed by atoms with van der Waals surface area (Å²) < 4.78 is 30.7. The molecule has 0 bridgehead atoms. The first-order chi connectivity index (χ1) is 9.55. The molecule has 2 rings (SSSR count). The van der Waals surface area contributed by atoms with Gasteiger partial charge >= 0.3 is 0 Å². The average molecular weight is 301 g/mol. The lowest BCUT2D eigenvalue weighted by Crippen LogP contribution is -2.42. The zero-order chi connectivity index (χ0) is 14.6. The summed E-state index contributed by atoms with van der Waals surface area (Å²) in [6.07, 6.45) is 2.24. The molecule has 114 valence electrons. The van der Waals surface area contributed by atoms with Crippen LogP contribution in [-0.4, -0.2) is 46.0 Å². The van der Waals surface area contributed by atoms with E-state index in [1.54, 1.807) is 6.07 Å². The zero-order valence-corrected chi connectivity index (χ0v) is 12.9. The number of nitrogens with zero attached hydrogens (tertiary/aromatic N) is 1. The van der Waals surface area contributed by atoms with Crippen molar-refractivity contribution in [2.24, 2.45) is 0 Å². The van der Waals surface area contributed by atoms with Gasteiger partial charge in [0.25, 0.3) is 10.0 Å². The van der Waals surface area contributed by atoms with Gasteiger partial charge in [0.05, 0.1) is 6.54 Å². The second-order valence-corrected chi connectivity index (χ2v) is 6.84. The Bertz CT molecular complexity index is 519. The van der Waals surface area contributed by atoms with Gasteiger partial charge in [-0.05, 0) is 51.7 Å². The fraction of sp³-hybridized carbons (Fsp3) is 0.692. The fourth-order valence-corrected chi connectivity index (χ4v) is 3.06. The van der Waals surface area contributed by atoms with Crippen molar-refractivity contribution in [1.29, 1.82) is 0 Å². The van der Waals surface area contributed by atoms with Crippen molar-refractivity contribution in [1.82, 2.24) is 14.9 Å². The van der Waals surface area contributed by atoms with E-state index in [1.807, 2.05) is 0 Å². The quantitative estimate of drug-likeness (QED) is 0.811. The van der Waals surface area contributed by atoms with E-state index in [9.17, 15) is 8.42 Å². The van der Waals surface area contributed by atoms with Gasteiger partial charge in [0, 0.05) is 6.04 Å². The van der Waals surface area contributed by atoms with Crippen LogP contribution in [-0.2, 0) is 16.6 Å². The predicted molar refractivity (Wildman–Crippen MR) is 76.9 cm³/mol. The molecule has 0 saturated carbocycles. The number of rotatable bonds is 6. The maximum Gasteiger partial charge on any atom is 0.273 e. The Hall–Kier alpha value is -0.890. The van der Waals surface area contributed by atoms with Crippen LogP contribution in [0.1, 0.15) is 25.5 Å². The lowest BCUT2D eigenvalue weighted by atomic mass is 10.1. The second-order valence-electron chi connectivity index (χ2n) is 5.02. The van der Waals surface area contributed by atoms with Crippen LogP contribution < -0.4 is 10.0 Å². The molecule has 1 aliphatic heterocycles. The number of piperidine rings is 1. The van der Waals surface area contributed by atoms with E-state index in [0.717, 1.165) is 32.5 Å². The van der Waals surface area contributed by atoms with Gasteiger partial charge in [-0.1, -0.05) is 6.92 Å². The van der Waals surface area contributed by atoms with Crippen LogP contribution >= 0.6 is 0 Å². The summed E-state index contributed by atoms with van der Waals surface area (Å²) in [5, 5.41) is 3.40. The van der Waals surface area contributed by atoms with Crippen molar-refractivity contribution in [3.05, 3.63) is 17.9 Å². The average Bonchev–Trinajstić information content (AvgIpc) is 2.95. The Morgan fingerprint density at radius 1 is 1.35 bits per heavy atom. The molecule has 20 heavy (non-hydrogen) atoms. The van der Waals surface area contributed by atoms with Crippen LogP contribution in [0.25, 0.3) is 0 Å². The van der Waals surface area contributed by atoms with Crippen molar-refractivity contribution in [2.75, 3.05) is 26.7 Å². The standard InChI is InChI=1S/C13H23N3O3S/c1-3-16-8-6-11(7-9-16)15-10-12-4-5-13(19-12)20(17,18)14-2/h4-5,11,14-15H,3,6-10H2,1-2H3. The van der Waals surface area contributed by atoms with Crippen LogP contribution in [0.2, 0.25) is 0 Å². The minimum Gasteiger partial charge on any atom is -0.447 e. The SMILES string of the molecule is CCN1CCC(NCc2ccc(S(=O)(=O)NC)o2)CC1. The van der Waals surface area contributed by atoms with Gasteiger partial charge in [-0.2, -0.15) is 0 Å². The summed E-state index contributed by atoms with van der Waals surface area (Å²) in [4.78, 5) is 2.43. The van der Waals surface area contributed by atoms with Gasteiger partial charge in [-0.3, -0.25) is 0 Å². The van der Waals surface area contributed by atoms with Crippen LogP contribution in [0.5, 0.6) is 0 Å². The highest BCUT2D eigenvalue weighted by molar-refractivity contribution is 7.89. The summed E-state index contributed by atoms with van der Waals surface area (Å²) in [6, 6.07) is 3.67. The van der Waals surface area contributed by atoms with E-state index in [2.05, 4.69) is 21.9 Å². The topological polar surface area (TPSA) is 74.6 Å². The Kier molecular flexibility index (Phi) is 5.20. The van der Waals surface area contributed by atoms with E-state index in [-0.39, 0.29) is 5.09 Å². The maximum absolute atomic E-state index is 11.6. The lowest BCUT2D eigenvalue weighted by molar-refractivity contribution is 0.203. The monoisotopic (exact) mass is 301 g/mol. The number of hydrogen-bond acceptors (Lipinski definition) is 5. The molecule has 2 N–H and O–H groups in total. The number of likely N-dealkylation sites (tertiary alicyclic amines) is 1. The van der Waals surface area contributed by atoms with E-state index in [4.69, 9.17) is 4.42 Å². The number of furan rings is 1. The zero-order valence-electron chi connectivity index (χ0n) is 12.1. The number of hydrogen-bond donors (Lipinski definition) is 2. The third-order valence-electron chi connectivity index (χ3n) is 3.77. The highest BCUT2D eigenvalue weighted by Gasteiger charge is 2.19. The molecule has 6 nitrogen and oxygen atoms in total. The smallest absolute Gasteiger partial charge is 0.273 e. The Morgan fingerprint density at radius 2 is 2.05 bits per heavy atom. The summed E-state index contributed by atoms with van der Waals surface area (Å²) in [5.41, 5.74) is 0. The van der Waals surface area contributed by atoms with Gasteiger partial charge in [0.1, 0.15) is 5.76 Å². The van der Waals surface area contributed by atoms with Gasteiger partial charge in [-0.15, -0.1) is 0 Å². The summed E-state index contributed by atoms with van der Waals surface area (Å²) in [5.74, 6) is 0.650. The largest absolute Gasteiger partial charge is 0.447 e. The van der Waals surface area contributed by atoms with Crippen molar-refractivity contribution in [2.45, 2.75) is 37.4 Å². The van der Waals surface area contributed by atoms with Gasteiger partial charge < -0.3 is 14.6 Å². The lowest BCUT2D eigenvalue weighted by Gasteiger charge is -2.31. The van der Waals surface area contributed by atoms with Gasteiger partial charge in [0.15, 0.2) is 0 Å². The highest BCUT2D eigenvalue weighted by atomic mass is 32.2. The molecule has 1 aromatic heterocycles. The molecule has 1 saturated heterocycles. The molecule has 0 amide bonds. The first kappa shape index (κ1) is 15.5. The first-order valence-electron chi connectivity index (χ1n) is 7.03. The van der Waals surface area contributed by atoms with E-state index < -0.39 is 10.0 Å². The predicted octanol–water partition coefficient (Wildman–Crippen LogP) is 0.762. The molecule has 0 aromatic carbocycles. The molecule has 1 aromatic rings. The van der Waals surface area contributed by atoms with Gasteiger partial charge in [0.2, 0.25) is 5.09 Å². The summed E-state index contributed by atoms with van der Waals surface area (Å²) in [7, 11) is -2.11. The molecule has 2 heterocycles. The molecule has 1 aliphatic rings. The maximum atomic E-state index is 11.6. The normalized spacial score (nSPS) is 18.5. The molecular formula is C13H23N3O3S. The minimum atomic E-state index is -3.48. The van der Waals surface area contributed by atoms with Crippen LogP contribution in [0, 0.1) is 0 Å². The number of nitrogens with one attached hydrogen (secondary N) is 2. The van der Waals surface area contributed by atoms with E-state index >= 15 is 0 Å². The Labute approximate surface area is 120 Å². The molecule has 0 unspecified atom stereocenters. The Morgan fingerprint density at radius 3 is 2.65 bits per heavy atom. The first-order valence-corrected chi connectivity index (χ1v) is 8.51. The van der Waals surface area contributed by atoms with Crippen molar-refractivity contribution < 1.29 is 12.8 Å². The minimum absolute atomic E-state index is 0.0300. The van der Waals surface area contributed by atoms with Crippen LogP contribution in [0.15, 0.2) is 21.6 Å².